The van der Waals surface area contributed by atoms with Crippen molar-refractivity contribution in [3.05, 3.63) is 0 Å². The van der Waals surface area contributed by atoms with E-state index in [1.807, 2.05) is 0 Å². The largest absolute Gasteiger partial charge is 0.393 e. The van der Waals surface area contributed by atoms with Crippen molar-refractivity contribution in [2.45, 2.75) is 58.5 Å². The maximum absolute atomic E-state index is 9.61. The molecule has 1 saturated carbocycles. The fourth-order valence-corrected chi connectivity index (χ4v) is 2.42. The molecule has 0 radical (unpaired) electrons. The highest BCUT2D eigenvalue weighted by molar-refractivity contribution is 4.77. The van der Waals surface area contributed by atoms with Crippen molar-refractivity contribution in [3.63, 3.8) is 0 Å². The first kappa shape index (κ1) is 10.0. The minimum atomic E-state index is 0.0179. The summed E-state index contributed by atoms with van der Waals surface area (Å²) in [7, 11) is 0. The van der Waals surface area contributed by atoms with Gasteiger partial charge in [-0.25, -0.2) is 0 Å². The zero-order chi connectivity index (χ0) is 8.97. The molecule has 1 aliphatic carbocycles. The van der Waals surface area contributed by atoms with Crippen LogP contribution < -0.4 is 0 Å². The van der Waals surface area contributed by atoms with E-state index in [1.54, 1.807) is 0 Å². The van der Waals surface area contributed by atoms with Crippen LogP contribution in [0.4, 0.5) is 0 Å². The number of rotatable bonds is 4. The lowest BCUT2D eigenvalue weighted by atomic mass is 9.90. The van der Waals surface area contributed by atoms with Crippen LogP contribution in [0.1, 0.15) is 52.4 Å². The summed E-state index contributed by atoms with van der Waals surface area (Å²) in [5.41, 5.74) is 0. The fourth-order valence-electron chi connectivity index (χ4n) is 2.42. The van der Waals surface area contributed by atoms with Crippen LogP contribution in [0, 0.1) is 11.8 Å². The van der Waals surface area contributed by atoms with Gasteiger partial charge in [-0.2, -0.15) is 0 Å². The van der Waals surface area contributed by atoms with Gasteiger partial charge >= 0.3 is 0 Å². The molecule has 0 aromatic heterocycles. The van der Waals surface area contributed by atoms with Crippen molar-refractivity contribution >= 4 is 0 Å². The normalized spacial score (nSPS) is 32.2. The third-order valence-electron chi connectivity index (χ3n) is 3.11. The van der Waals surface area contributed by atoms with E-state index in [0.29, 0.717) is 5.92 Å². The first-order chi connectivity index (χ1) is 5.74. The lowest BCUT2D eigenvalue weighted by molar-refractivity contribution is 0.118. The second-order valence-corrected chi connectivity index (χ2v) is 4.39. The van der Waals surface area contributed by atoms with E-state index in [9.17, 15) is 5.11 Å². The Kier molecular flexibility index (Phi) is 4.07. The molecule has 0 heterocycles. The molecule has 0 bridgehead atoms. The van der Waals surface area contributed by atoms with Gasteiger partial charge in [0.1, 0.15) is 0 Å². The Labute approximate surface area is 76.2 Å². The van der Waals surface area contributed by atoms with Gasteiger partial charge in [0, 0.05) is 0 Å². The smallest absolute Gasteiger partial charge is 0.0568 e. The highest BCUT2D eigenvalue weighted by Gasteiger charge is 2.25. The van der Waals surface area contributed by atoms with Gasteiger partial charge in [0.25, 0.3) is 0 Å². The fraction of sp³-hybridized carbons (Fsp3) is 1.00. The summed E-state index contributed by atoms with van der Waals surface area (Å²) in [6.45, 7) is 4.55. The van der Waals surface area contributed by atoms with Gasteiger partial charge in [-0.3, -0.25) is 0 Å². The predicted molar refractivity (Wildman–Crippen MR) is 52.0 cm³/mol. The highest BCUT2D eigenvalue weighted by atomic mass is 16.3. The van der Waals surface area contributed by atoms with Gasteiger partial charge in [-0.05, 0) is 31.1 Å². The summed E-state index contributed by atoms with van der Waals surface area (Å²) in [4.78, 5) is 0. The third kappa shape index (κ3) is 2.78. The lowest BCUT2D eigenvalue weighted by Gasteiger charge is -2.18. The molecule has 1 aliphatic rings. The maximum Gasteiger partial charge on any atom is 0.0568 e. The Morgan fingerprint density at radius 3 is 2.67 bits per heavy atom. The van der Waals surface area contributed by atoms with E-state index >= 15 is 0 Å². The maximum atomic E-state index is 9.61. The van der Waals surface area contributed by atoms with Crippen LogP contribution in [0.3, 0.4) is 0 Å². The minimum absolute atomic E-state index is 0.0179. The topological polar surface area (TPSA) is 20.2 Å². The molecule has 0 saturated heterocycles. The Morgan fingerprint density at radius 1 is 1.42 bits per heavy atom. The van der Waals surface area contributed by atoms with Crippen LogP contribution >= 0.6 is 0 Å². The second-order valence-electron chi connectivity index (χ2n) is 4.39. The molecule has 0 aromatic rings. The van der Waals surface area contributed by atoms with Gasteiger partial charge in [-0.15, -0.1) is 0 Å². The van der Waals surface area contributed by atoms with Crippen molar-refractivity contribution in [2.24, 2.45) is 11.8 Å². The average Bonchev–Trinajstić information content (AvgIpc) is 2.37. The van der Waals surface area contributed by atoms with E-state index in [-0.39, 0.29) is 6.10 Å². The van der Waals surface area contributed by atoms with Crippen molar-refractivity contribution in [2.75, 3.05) is 0 Å². The van der Waals surface area contributed by atoms with Crippen LogP contribution in [-0.2, 0) is 0 Å². The first-order valence-corrected chi connectivity index (χ1v) is 5.42. The van der Waals surface area contributed by atoms with Gasteiger partial charge in [0.15, 0.2) is 0 Å². The summed E-state index contributed by atoms with van der Waals surface area (Å²) in [5.74, 6) is 1.43. The Morgan fingerprint density at radius 2 is 2.17 bits per heavy atom. The molecule has 72 valence electrons. The minimum Gasteiger partial charge on any atom is -0.393 e. The quantitative estimate of drug-likeness (QED) is 0.687. The Hall–Kier alpha value is -0.0400. The summed E-state index contributed by atoms with van der Waals surface area (Å²) >= 11 is 0. The van der Waals surface area contributed by atoms with E-state index in [1.165, 1.54) is 32.1 Å². The molecule has 1 heteroatoms. The zero-order valence-corrected chi connectivity index (χ0v) is 8.42. The van der Waals surface area contributed by atoms with E-state index in [4.69, 9.17) is 0 Å². The molecule has 3 atom stereocenters. The van der Waals surface area contributed by atoms with Gasteiger partial charge < -0.3 is 5.11 Å². The SMILES string of the molecule is CCCC(C)C[C@@H]1CCC[C@H]1O. The highest BCUT2D eigenvalue weighted by Crippen LogP contribution is 2.31. The van der Waals surface area contributed by atoms with Crippen molar-refractivity contribution < 1.29 is 5.11 Å². The van der Waals surface area contributed by atoms with Crippen molar-refractivity contribution in [1.82, 2.24) is 0 Å². The number of hydrogen-bond donors (Lipinski definition) is 1. The number of aliphatic hydroxyl groups excluding tert-OH is 1. The van der Waals surface area contributed by atoms with Crippen LogP contribution in [0.15, 0.2) is 0 Å². The molecule has 0 aliphatic heterocycles. The second kappa shape index (κ2) is 4.86. The standard InChI is InChI=1S/C11H22O/c1-3-5-9(2)8-10-6-4-7-11(10)12/h9-12H,3-8H2,1-2H3/t9?,10-,11+/m0/s1. The summed E-state index contributed by atoms with van der Waals surface area (Å²) < 4.78 is 0. The molecule has 0 aromatic carbocycles. The van der Waals surface area contributed by atoms with Gasteiger partial charge in [-0.1, -0.05) is 33.1 Å². The molecule has 1 unspecified atom stereocenters. The molecule has 1 nitrogen and oxygen atoms in total. The summed E-state index contributed by atoms with van der Waals surface area (Å²) in [6, 6.07) is 0. The van der Waals surface area contributed by atoms with Gasteiger partial charge in [0.2, 0.25) is 0 Å². The van der Waals surface area contributed by atoms with Crippen molar-refractivity contribution in [3.8, 4) is 0 Å². The Balaban J connectivity index is 2.20. The lowest BCUT2D eigenvalue weighted by Crippen LogP contribution is -2.15. The molecule has 0 amide bonds. The van der Waals surface area contributed by atoms with E-state index in [0.717, 1.165) is 12.3 Å². The molecule has 0 spiro atoms. The first-order valence-electron chi connectivity index (χ1n) is 5.42. The molecule has 1 rings (SSSR count). The van der Waals surface area contributed by atoms with Crippen LogP contribution in [0.25, 0.3) is 0 Å². The summed E-state index contributed by atoms with van der Waals surface area (Å²) in [6.07, 6.45) is 7.41. The molecule has 1 fully saturated rings. The number of aliphatic hydroxyl groups is 1. The average molecular weight is 170 g/mol. The van der Waals surface area contributed by atoms with Gasteiger partial charge in [0.05, 0.1) is 6.10 Å². The van der Waals surface area contributed by atoms with E-state index < -0.39 is 0 Å². The zero-order valence-electron chi connectivity index (χ0n) is 8.42. The Bertz CT molecular complexity index is 122. The monoisotopic (exact) mass is 170 g/mol. The number of hydrogen-bond acceptors (Lipinski definition) is 1. The molecule has 1 N–H and O–H groups in total. The molecule has 12 heavy (non-hydrogen) atoms. The summed E-state index contributed by atoms with van der Waals surface area (Å²) in [5, 5.41) is 9.61. The van der Waals surface area contributed by atoms with Crippen LogP contribution in [0.2, 0.25) is 0 Å². The van der Waals surface area contributed by atoms with Crippen molar-refractivity contribution in [1.29, 1.82) is 0 Å². The van der Waals surface area contributed by atoms with Crippen LogP contribution in [0.5, 0.6) is 0 Å². The predicted octanol–water partition coefficient (Wildman–Crippen LogP) is 2.97. The van der Waals surface area contributed by atoms with Crippen LogP contribution in [-0.4, -0.2) is 11.2 Å². The van der Waals surface area contributed by atoms with E-state index in [2.05, 4.69) is 13.8 Å². The third-order valence-corrected chi connectivity index (χ3v) is 3.11. The molecular formula is C11H22O. The molecular weight excluding hydrogens is 148 g/mol.